The molecule has 152 valence electrons. The number of Topliss-reactive ketones (excluding diaryl/α,β-unsaturated/α-hetero) is 1. The van der Waals surface area contributed by atoms with Crippen LogP contribution < -0.4 is 5.43 Å². The third-order valence-corrected chi connectivity index (χ3v) is 5.56. The lowest BCUT2D eigenvalue weighted by Gasteiger charge is -2.30. The Kier molecular flexibility index (Phi) is 5.11. The molecule has 8 heteroatoms. The summed E-state index contributed by atoms with van der Waals surface area (Å²) in [7, 11) is 0. The van der Waals surface area contributed by atoms with E-state index in [2.05, 4.69) is 36.5 Å². The van der Waals surface area contributed by atoms with Crippen molar-refractivity contribution in [3.63, 3.8) is 0 Å². The highest BCUT2D eigenvalue weighted by Crippen LogP contribution is 2.35. The number of hydrazone groups is 1. The Morgan fingerprint density at radius 3 is 2.73 bits per heavy atom. The van der Waals surface area contributed by atoms with Crippen LogP contribution in [0.25, 0.3) is 5.82 Å². The van der Waals surface area contributed by atoms with Gasteiger partial charge in [0.1, 0.15) is 5.71 Å². The molecule has 0 saturated heterocycles. The second-order valence-corrected chi connectivity index (χ2v) is 8.72. The zero-order valence-electron chi connectivity index (χ0n) is 16.8. The Balaban J connectivity index is 1.70. The van der Waals surface area contributed by atoms with E-state index in [0.717, 1.165) is 10.2 Å². The average Bonchev–Trinajstić information content (AvgIpc) is 3.03. The summed E-state index contributed by atoms with van der Waals surface area (Å²) in [5, 5.41) is 8.80. The Bertz CT molecular complexity index is 1180. The Morgan fingerprint density at radius 1 is 1.23 bits per heavy atom. The molecule has 0 radical (unpaired) electrons. The van der Waals surface area contributed by atoms with Crippen LogP contribution in [0.15, 0.2) is 58.2 Å². The zero-order valence-corrected chi connectivity index (χ0v) is 18.4. The summed E-state index contributed by atoms with van der Waals surface area (Å²) < 4.78 is 2.51. The van der Waals surface area contributed by atoms with E-state index < -0.39 is 5.41 Å². The second-order valence-electron chi connectivity index (χ2n) is 7.81. The van der Waals surface area contributed by atoms with Gasteiger partial charge in [-0.15, -0.1) is 0 Å². The number of amides is 1. The summed E-state index contributed by atoms with van der Waals surface area (Å²) in [6.07, 6.45) is 2.23. The molecular formula is C22H20BrN5O2. The monoisotopic (exact) mass is 465 g/mol. The topological polar surface area (TPSA) is 89.2 Å². The number of hydrogen-bond donors (Lipinski definition) is 1. The molecule has 7 nitrogen and oxygen atoms in total. The van der Waals surface area contributed by atoms with Crippen LogP contribution in [0, 0.1) is 12.3 Å². The molecule has 0 fully saturated rings. The van der Waals surface area contributed by atoms with Crippen LogP contribution >= 0.6 is 15.9 Å². The van der Waals surface area contributed by atoms with Crippen molar-refractivity contribution in [1.82, 2.24) is 20.2 Å². The van der Waals surface area contributed by atoms with Gasteiger partial charge in [-0.1, -0.05) is 41.9 Å². The van der Waals surface area contributed by atoms with E-state index in [1.165, 1.54) is 0 Å². The summed E-state index contributed by atoms with van der Waals surface area (Å²) in [4.78, 5) is 30.2. The summed E-state index contributed by atoms with van der Waals surface area (Å²) in [6.45, 7) is 5.66. The number of carbonyl (C=O) groups excluding carboxylic acids is 2. The van der Waals surface area contributed by atoms with Gasteiger partial charge in [-0.25, -0.2) is 15.1 Å². The molecule has 3 aromatic rings. The van der Waals surface area contributed by atoms with Crippen molar-refractivity contribution in [3.8, 4) is 5.82 Å². The van der Waals surface area contributed by atoms with Gasteiger partial charge in [0, 0.05) is 28.1 Å². The van der Waals surface area contributed by atoms with Crippen molar-refractivity contribution >= 4 is 33.3 Å². The van der Waals surface area contributed by atoms with E-state index in [-0.39, 0.29) is 11.7 Å². The molecule has 0 saturated carbocycles. The Morgan fingerprint density at radius 2 is 2.03 bits per heavy atom. The van der Waals surface area contributed by atoms with Gasteiger partial charge in [0.05, 0.1) is 17.0 Å². The van der Waals surface area contributed by atoms with E-state index in [1.54, 1.807) is 36.0 Å². The van der Waals surface area contributed by atoms with E-state index in [4.69, 9.17) is 0 Å². The maximum atomic E-state index is 13.3. The van der Waals surface area contributed by atoms with E-state index in [9.17, 15) is 9.59 Å². The fourth-order valence-corrected chi connectivity index (χ4v) is 4.03. The minimum absolute atomic E-state index is 0.226. The molecular weight excluding hydrogens is 446 g/mol. The number of carbonyl (C=O) groups is 2. The molecule has 2 heterocycles. The molecule has 1 amide bonds. The third kappa shape index (κ3) is 3.59. The van der Waals surface area contributed by atoms with Crippen molar-refractivity contribution in [2.45, 2.75) is 27.2 Å². The normalized spacial score (nSPS) is 16.4. The smallest absolute Gasteiger partial charge is 0.271 e. The molecule has 1 aromatic carbocycles. The number of halogens is 1. The van der Waals surface area contributed by atoms with Gasteiger partial charge < -0.3 is 0 Å². The zero-order chi connectivity index (χ0) is 21.5. The van der Waals surface area contributed by atoms with Gasteiger partial charge in [0.15, 0.2) is 5.82 Å². The standard InChI is InChI=1S/C22H20BrN5O2/c1-13-18-16(28(27-13)17-9-4-5-10-24-17)12-22(2,3)20(19(18)29)25-26-21(30)14-7-6-8-15(23)11-14/h4-11H,12H2,1-3H3,(H,26,30)/b25-20-. The molecule has 2 aromatic heterocycles. The minimum Gasteiger partial charge on any atom is -0.287 e. The van der Waals surface area contributed by atoms with Gasteiger partial charge in [-0.3, -0.25) is 9.59 Å². The summed E-state index contributed by atoms with van der Waals surface area (Å²) in [5.41, 5.74) is 4.65. The number of fused-ring (bicyclic) bond motifs is 1. The lowest BCUT2D eigenvalue weighted by atomic mass is 9.74. The Labute approximate surface area is 182 Å². The molecule has 1 N–H and O–H groups in total. The van der Waals surface area contributed by atoms with Gasteiger partial charge in [0.25, 0.3) is 5.91 Å². The lowest BCUT2D eigenvalue weighted by molar-refractivity contribution is 0.0954. The van der Waals surface area contributed by atoms with Crippen molar-refractivity contribution < 1.29 is 9.59 Å². The maximum absolute atomic E-state index is 13.3. The van der Waals surface area contributed by atoms with Crippen LogP contribution in [0.4, 0.5) is 0 Å². The number of aryl methyl sites for hydroxylation is 1. The first-order chi connectivity index (χ1) is 14.3. The minimum atomic E-state index is -0.590. The van der Waals surface area contributed by atoms with Crippen LogP contribution in [0.2, 0.25) is 0 Å². The van der Waals surface area contributed by atoms with Crippen LogP contribution in [0.5, 0.6) is 0 Å². The molecule has 4 rings (SSSR count). The molecule has 30 heavy (non-hydrogen) atoms. The number of aromatic nitrogens is 3. The van der Waals surface area contributed by atoms with Crippen molar-refractivity contribution in [3.05, 3.63) is 75.6 Å². The second kappa shape index (κ2) is 7.60. The number of pyridine rings is 1. The van der Waals surface area contributed by atoms with Crippen LogP contribution in [0.3, 0.4) is 0 Å². The number of nitrogens with zero attached hydrogens (tertiary/aromatic N) is 4. The first-order valence-corrected chi connectivity index (χ1v) is 10.3. The lowest BCUT2D eigenvalue weighted by Crippen LogP contribution is -2.41. The largest absolute Gasteiger partial charge is 0.287 e. The average molecular weight is 466 g/mol. The molecule has 0 spiro atoms. The van der Waals surface area contributed by atoms with Gasteiger partial charge in [-0.2, -0.15) is 10.2 Å². The maximum Gasteiger partial charge on any atom is 0.271 e. The van der Waals surface area contributed by atoms with Crippen molar-refractivity contribution in [1.29, 1.82) is 0 Å². The quantitative estimate of drug-likeness (QED) is 0.594. The number of rotatable bonds is 3. The first-order valence-electron chi connectivity index (χ1n) is 9.46. The summed E-state index contributed by atoms with van der Waals surface area (Å²) >= 11 is 3.35. The highest BCUT2D eigenvalue weighted by molar-refractivity contribution is 9.10. The van der Waals surface area contributed by atoms with E-state index in [0.29, 0.717) is 34.8 Å². The fraction of sp³-hybridized carbons (Fsp3) is 0.227. The fourth-order valence-electron chi connectivity index (χ4n) is 3.63. The van der Waals surface area contributed by atoms with Gasteiger partial charge >= 0.3 is 0 Å². The van der Waals surface area contributed by atoms with Gasteiger partial charge in [0.2, 0.25) is 5.78 Å². The third-order valence-electron chi connectivity index (χ3n) is 5.07. The predicted molar refractivity (Wildman–Crippen MR) is 117 cm³/mol. The SMILES string of the molecule is Cc1nn(-c2ccccn2)c2c1C(=O)/C(=N/NC(=O)c1cccc(Br)c1)C(C)(C)C2. The van der Waals surface area contributed by atoms with Crippen LogP contribution in [-0.2, 0) is 6.42 Å². The number of ketones is 1. The van der Waals surface area contributed by atoms with Crippen molar-refractivity contribution in [2.75, 3.05) is 0 Å². The van der Waals surface area contributed by atoms with Crippen molar-refractivity contribution in [2.24, 2.45) is 10.5 Å². The highest BCUT2D eigenvalue weighted by Gasteiger charge is 2.42. The molecule has 1 aliphatic carbocycles. The number of benzene rings is 1. The molecule has 0 unspecified atom stereocenters. The number of nitrogens with one attached hydrogen (secondary N) is 1. The van der Waals surface area contributed by atoms with Crippen LogP contribution in [-0.4, -0.2) is 32.2 Å². The number of hydrogen-bond acceptors (Lipinski definition) is 5. The summed E-state index contributed by atoms with van der Waals surface area (Å²) in [6, 6.07) is 12.6. The summed E-state index contributed by atoms with van der Waals surface area (Å²) in [5.74, 6) is 0.0587. The highest BCUT2D eigenvalue weighted by atomic mass is 79.9. The molecule has 1 aliphatic rings. The molecule has 0 atom stereocenters. The predicted octanol–water partition coefficient (Wildman–Crippen LogP) is 3.89. The van der Waals surface area contributed by atoms with E-state index >= 15 is 0 Å². The first kappa shape index (κ1) is 20.2. The van der Waals surface area contributed by atoms with Gasteiger partial charge in [-0.05, 0) is 37.3 Å². The molecule has 0 aliphatic heterocycles. The van der Waals surface area contributed by atoms with Crippen LogP contribution in [0.1, 0.15) is 46.0 Å². The van der Waals surface area contributed by atoms with E-state index in [1.807, 2.05) is 38.1 Å². The Hall–Kier alpha value is -3.13. The molecule has 0 bridgehead atoms.